The first kappa shape index (κ1) is 13.6. The van der Waals surface area contributed by atoms with E-state index in [4.69, 9.17) is 32.7 Å². The largest absolute Gasteiger partial charge is 0.492 e. The second kappa shape index (κ2) is 5.76. The van der Waals surface area contributed by atoms with Gasteiger partial charge < -0.3 is 9.47 Å². The van der Waals surface area contributed by atoms with Gasteiger partial charge in [-0.25, -0.2) is 0 Å². The lowest BCUT2D eigenvalue weighted by atomic mass is 10.1. The van der Waals surface area contributed by atoms with E-state index < -0.39 is 5.60 Å². The van der Waals surface area contributed by atoms with Crippen LogP contribution in [0.15, 0.2) is 24.3 Å². The summed E-state index contributed by atoms with van der Waals surface area (Å²) < 4.78 is 10.8. The van der Waals surface area contributed by atoms with E-state index in [0.29, 0.717) is 11.6 Å². The molecule has 0 spiro atoms. The first-order valence-corrected chi connectivity index (χ1v) is 5.85. The van der Waals surface area contributed by atoms with E-state index in [-0.39, 0.29) is 5.38 Å². The SMILES string of the molecule is COC(C)(C)C(Cl)COc1ccc(Cl)cc1. The van der Waals surface area contributed by atoms with E-state index in [1.165, 1.54) is 0 Å². The van der Waals surface area contributed by atoms with Crippen molar-refractivity contribution in [3.05, 3.63) is 29.3 Å². The van der Waals surface area contributed by atoms with Crippen molar-refractivity contribution in [3.8, 4) is 5.75 Å². The van der Waals surface area contributed by atoms with Crippen LogP contribution in [0, 0.1) is 0 Å². The molecule has 90 valence electrons. The minimum absolute atomic E-state index is 0.215. The third-order valence-electron chi connectivity index (χ3n) is 2.49. The number of hydrogen-bond acceptors (Lipinski definition) is 2. The second-order valence-electron chi connectivity index (χ2n) is 4.04. The van der Waals surface area contributed by atoms with Crippen molar-refractivity contribution in [2.24, 2.45) is 0 Å². The summed E-state index contributed by atoms with van der Waals surface area (Å²) in [7, 11) is 1.64. The number of methoxy groups -OCH3 is 1. The standard InChI is InChI=1S/C12H16Cl2O2/c1-12(2,15-3)11(14)8-16-10-6-4-9(13)5-7-10/h4-7,11H,8H2,1-3H3. The van der Waals surface area contributed by atoms with Crippen LogP contribution >= 0.6 is 23.2 Å². The topological polar surface area (TPSA) is 18.5 Å². The van der Waals surface area contributed by atoms with Crippen molar-refractivity contribution in [2.45, 2.75) is 24.8 Å². The molecule has 0 amide bonds. The van der Waals surface area contributed by atoms with Gasteiger partial charge in [0.2, 0.25) is 0 Å². The molecule has 0 bridgehead atoms. The molecule has 0 fully saturated rings. The average molecular weight is 263 g/mol. The van der Waals surface area contributed by atoms with Crippen LogP contribution in [0.3, 0.4) is 0 Å². The number of alkyl halides is 1. The van der Waals surface area contributed by atoms with Crippen LogP contribution in [0.1, 0.15) is 13.8 Å². The molecule has 1 aromatic carbocycles. The summed E-state index contributed by atoms with van der Waals surface area (Å²) in [6.45, 7) is 4.25. The molecule has 16 heavy (non-hydrogen) atoms. The number of rotatable bonds is 5. The van der Waals surface area contributed by atoms with Gasteiger partial charge in [0.05, 0.1) is 11.0 Å². The quantitative estimate of drug-likeness (QED) is 0.753. The lowest BCUT2D eigenvalue weighted by molar-refractivity contribution is 0.00927. The van der Waals surface area contributed by atoms with Gasteiger partial charge in [0.25, 0.3) is 0 Å². The molecule has 0 saturated heterocycles. The summed E-state index contributed by atoms with van der Waals surface area (Å²) in [4.78, 5) is 0. The number of halogens is 2. The maximum atomic E-state index is 6.18. The van der Waals surface area contributed by atoms with Crippen LogP contribution in [0.2, 0.25) is 5.02 Å². The van der Waals surface area contributed by atoms with Crippen LogP contribution in [0.4, 0.5) is 0 Å². The molecule has 0 aliphatic rings. The minimum atomic E-state index is -0.409. The highest BCUT2D eigenvalue weighted by atomic mass is 35.5. The molecular formula is C12H16Cl2O2. The van der Waals surface area contributed by atoms with Gasteiger partial charge in [-0.1, -0.05) is 11.6 Å². The number of ether oxygens (including phenoxy) is 2. The van der Waals surface area contributed by atoms with Gasteiger partial charge in [0.1, 0.15) is 12.4 Å². The van der Waals surface area contributed by atoms with Gasteiger partial charge in [-0.15, -0.1) is 11.6 Å². The lowest BCUT2D eigenvalue weighted by Gasteiger charge is -2.28. The van der Waals surface area contributed by atoms with Gasteiger partial charge in [0.15, 0.2) is 0 Å². The fourth-order valence-electron chi connectivity index (χ4n) is 1.03. The molecule has 0 radical (unpaired) electrons. The van der Waals surface area contributed by atoms with E-state index in [1.54, 1.807) is 19.2 Å². The molecule has 1 rings (SSSR count). The maximum Gasteiger partial charge on any atom is 0.119 e. The summed E-state index contributed by atoms with van der Waals surface area (Å²) in [6.07, 6.45) is 0. The molecule has 0 aliphatic heterocycles. The molecule has 1 unspecified atom stereocenters. The van der Waals surface area contributed by atoms with Gasteiger partial charge in [-0.3, -0.25) is 0 Å². The van der Waals surface area contributed by atoms with Crippen molar-refractivity contribution in [1.82, 2.24) is 0 Å². The highest BCUT2D eigenvalue weighted by Crippen LogP contribution is 2.21. The van der Waals surface area contributed by atoms with Crippen LogP contribution in [-0.4, -0.2) is 24.7 Å². The monoisotopic (exact) mass is 262 g/mol. The molecule has 4 heteroatoms. The molecule has 0 aromatic heterocycles. The van der Waals surface area contributed by atoms with Crippen molar-refractivity contribution in [2.75, 3.05) is 13.7 Å². The average Bonchev–Trinajstić information content (AvgIpc) is 2.28. The third kappa shape index (κ3) is 3.85. The fraction of sp³-hybridized carbons (Fsp3) is 0.500. The van der Waals surface area contributed by atoms with Crippen LogP contribution in [0.5, 0.6) is 5.75 Å². The second-order valence-corrected chi connectivity index (χ2v) is 5.00. The van der Waals surface area contributed by atoms with Crippen LogP contribution in [0.25, 0.3) is 0 Å². The molecule has 0 heterocycles. The highest BCUT2D eigenvalue weighted by molar-refractivity contribution is 6.30. The van der Waals surface area contributed by atoms with E-state index >= 15 is 0 Å². The van der Waals surface area contributed by atoms with Crippen molar-refractivity contribution in [1.29, 1.82) is 0 Å². The van der Waals surface area contributed by atoms with Gasteiger partial charge in [-0.05, 0) is 38.1 Å². The van der Waals surface area contributed by atoms with Gasteiger partial charge in [0, 0.05) is 12.1 Å². The smallest absolute Gasteiger partial charge is 0.119 e. The number of hydrogen-bond donors (Lipinski definition) is 0. The Morgan fingerprint density at radius 1 is 1.25 bits per heavy atom. The Bertz CT molecular complexity index is 322. The summed E-state index contributed by atoms with van der Waals surface area (Å²) in [6, 6.07) is 7.18. The van der Waals surface area contributed by atoms with Crippen molar-refractivity contribution in [3.63, 3.8) is 0 Å². The molecule has 2 nitrogen and oxygen atoms in total. The molecule has 1 aromatic rings. The molecule has 0 aliphatic carbocycles. The summed E-state index contributed by atoms with van der Waals surface area (Å²) in [5, 5.41) is 0.472. The van der Waals surface area contributed by atoms with E-state index in [2.05, 4.69) is 0 Å². The minimum Gasteiger partial charge on any atom is -0.492 e. The first-order chi connectivity index (χ1) is 7.45. The third-order valence-corrected chi connectivity index (χ3v) is 3.39. The van der Waals surface area contributed by atoms with Crippen molar-refractivity contribution < 1.29 is 9.47 Å². The molecule has 0 N–H and O–H groups in total. The number of benzene rings is 1. The zero-order valence-electron chi connectivity index (χ0n) is 9.67. The molecule has 1 atom stereocenters. The van der Waals surface area contributed by atoms with Crippen molar-refractivity contribution >= 4 is 23.2 Å². The van der Waals surface area contributed by atoms with Gasteiger partial charge in [-0.2, -0.15) is 0 Å². The Morgan fingerprint density at radius 3 is 2.31 bits per heavy atom. The zero-order chi connectivity index (χ0) is 12.2. The van der Waals surface area contributed by atoms with E-state index in [9.17, 15) is 0 Å². The predicted octanol–water partition coefficient (Wildman–Crippen LogP) is 3.75. The normalized spacial score (nSPS) is 13.6. The summed E-state index contributed by atoms with van der Waals surface area (Å²) in [5.74, 6) is 0.752. The Balaban J connectivity index is 2.49. The van der Waals surface area contributed by atoms with Crippen LogP contribution in [-0.2, 0) is 4.74 Å². The summed E-state index contributed by atoms with van der Waals surface area (Å²) >= 11 is 11.9. The fourth-order valence-corrected chi connectivity index (χ4v) is 1.31. The maximum absolute atomic E-state index is 6.18. The van der Waals surface area contributed by atoms with E-state index in [1.807, 2.05) is 26.0 Å². The Morgan fingerprint density at radius 2 is 1.81 bits per heavy atom. The zero-order valence-corrected chi connectivity index (χ0v) is 11.2. The highest BCUT2D eigenvalue weighted by Gasteiger charge is 2.27. The Labute approximate surface area is 106 Å². The molecule has 0 saturated carbocycles. The van der Waals surface area contributed by atoms with E-state index in [0.717, 1.165) is 5.75 Å². The predicted molar refractivity (Wildman–Crippen MR) is 67.7 cm³/mol. The lowest BCUT2D eigenvalue weighted by Crippen LogP contribution is -2.38. The van der Waals surface area contributed by atoms with Gasteiger partial charge >= 0.3 is 0 Å². The summed E-state index contributed by atoms with van der Waals surface area (Å²) in [5.41, 5.74) is -0.409. The Kier molecular flexibility index (Phi) is 4.90. The molecular weight excluding hydrogens is 247 g/mol. The van der Waals surface area contributed by atoms with Crippen LogP contribution < -0.4 is 4.74 Å². The Hall–Kier alpha value is -0.440. The first-order valence-electron chi connectivity index (χ1n) is 5.03.